The molecule has 0 aromatic carbocycles. The van der Waals surface area contributed by atoms with Crippen molar-refractivity contribution in [2.45, 2.75) is 45.3 Å². The van der Waals surface area contributed by atoms with E-state index in [1.54, 1.807) is 0 Å². The minimum absolute atomic E-state index is 0.0519. The molecule has 0 saturated heterocycles. The van der Waals surface area contributed by atoms with Crippen LogP contribution in [0, 0.1) is 12.8 Å². The third-order valence-corrected chi connectivity index (χ3v) is 3.34. The van der Waals surface area contributed by atoms with Crippen LogP contribution in [0.25, 0.3) is 0 Å². The number of hydrogen-bond acceptors (Lipinski definition) is 3. The fourth-order valence-corrected chi connectivity index (χ4v) is 2.33. The summed E-state index contributed by atoms with van der Waals surface area (Å²) in [6, 6.07) is 4.01. The average molecular weight is 223 g/mol. The highest BCUT2D eigenvalue weighted by atomic mass is 16.3. The Balaban J connectivity index is 1.64. The molecule has 1 aromatic heterocycles. The van der Waals surface area contributed by atoms with Crippen LogP contribution in [0.4, 0.5) is 0 Å². The Kier molecular flexibility index (Phi) is 4.02. The zero-order valence-electron chi connectivity index (χ0n) is 9.91. The van der Waals surface area contributed by atoms with Crippen LogP contribution in [0.15, 0.2) is 16.5 Å². The quantitative estimate of drug-likeness (QED) is 0.822. The lowest BCUT2D eigenvalue weighted by molar-refractivity contribution is 0.108. The van der Waals surface area contributed by atoms with Gasteiger partial charge in [0, 0.05) is 0 Å². The van der Waals surface area contributed by atoms with E-state index >= 15 is 0 Å². The van der Waals surface area contributed by atoms with E-state index < -0.39 is 0 Å². The molecule has 0 amide bonds. The second-order valence-electron chi connectivity index (χ2n) is 4.82. The number of furan rings is 1. The first kappa shape index (κ1) is 11.7. The molecule has 0 bridgehead atoms. The lowest BCUT2D eigenvalue weighted by Gasteiger charge is -2.25. The van der Waals surface area contributed by atoms with Gasteiger partial charge in [-0.3, -0.25) is 0 Å². The van der Waals surface area contributed by atoms with Crippen molar-refractivity contribution in [2.24, 2.45) is 5.92 Å². The van der Waals surface area contributed by atoms with Crippen molar-refractivity contribution in [2.75, 3.05) is 6.54 Å². The molecule has 1 saturated carbocycles. The molecule has 2 N–H and O–H groups in total. The van der Waals surface area contributed by atoms with E-state index in [0.29, 0.717) is 0 Å². The molecule has 1 aliphatic rings. The Morgan fingerprint density at radius 1 is 1.31 bits per heavy atom. The molecule has 3 nitrogen and oxygen atoms in total. The number of hydrogen-bond donors (Lipinski definition) is 2. The number of rotatable bonds is 4. The lowest BCUT2D eigenvalue weighted by atomic mass is 9.87. The molecule has 0 atom stereocenters. The second-order valence-corrected chi connectivity index (χ2v) is 4.82. The molecule has 0 unspecified atom stereocenters. The molecule has 1 aliphatic carbocycles. The van der Waals surface area contributed by atoms with E-state index in [4.69, 9.17) is 4.42 Å². The summed E-state index contributed by atoms with van der Waals surface area (Å²) in [5, 5.41) is 12.8. The van der Waals surface area contributed by atoms with Crippen molar-refractivity contribution in [3.63, 3.8) is 0 Å². The van der Waals surface area contributed by atoms with Gasteiger partial charge in [0.1, 0.15) is 11.5 Å². The number of aryl methyl sites for hydroxylation is 1. The van der Waals surface area contributed by atoms with E-state index in [2.05, 4.69) is 5.32 Å². The Hall–Kier alpha value is -0.800. The van der Waals surface area contributed by atoms with Gasteiger partial charge < -0.3 is 14.8 Å². The van der Waals surface area contributed by atoms with Crippen LogP contribution in [0.1, 0.15) is 37.2 Å². The molecular weight excluding hydrogens is 202 g/mol. The fourth-order valence-electron chi connectivity index (χ4n) is 2.33. The first-order chi connectivity index (χ1) is 7.74. The van der Waals surface area contributed by atoms with Gasteiger partial charge in [-0.2, -0.15) is 0 Å². The predicted octanol–water partition coefficient (Wildman–Crippen LogP) is 2.23. The maximum Gasteiger partial charge on any atom is 0.117 e. The van der Waals surface area contributed by atoms with Crippen molar-refractivity contribution in [3.8, 4) is 0 Å². The fraction of sp³-hybridized carbons (Fsp3) is 0.692. The molecule has 0 spiro atoms. The van der Waals surface area contributed by atoms with Crippen molar-refractivity contribution in [1.82, 2.24) is 5.32 Å². The molecule has 90 valence electrons. The van der Waals surface area contributed by atoms with Crippen LogP contribution in [0.5, 0.6) is 0 Å². The smallest absolute Gasteiger partial charge is 0.117 e. The van der Waals surface area contributed by atoms with Gasteiger partial charge in [-0.1, -0.05) is 0 Å². The van der Waals surface area contributed by atoms with Crippen LogP contribution in [0.3, 0.4) is 0 Å². The molecular formula is C13H21NO2. The van der Waals surface area contributed by atoms with Crippen molar-refractivity contribution < 1.29 is 9.52 Å². The number of aliphatic hydroxyl groups excluding tert-OH is 1. The molecule has 1 aromatic rings. The van der Waals surface area contributed by atoms with E-state index in [1.165, 1.54) is 0 Å². The number of nitrogens with one attached hydrogen (secondary N) is 1. The number of aliphatic hydroxyl groups is 1. The van der Waals surface area contributed by atoms with Crippen molar-refractivity contribution >= 4 is 0 Å². The van der Waals surface area contributed by atoms with Gasteiger partial charge in [-0.15, -0.1) is 0 Å². The maximum atomic E-state index is 9.40. The molecule has 2 rings (SSSR count). The molecule has 0 radical (unpaired) electrons. The summed E-state index contributed by atoms with van der Waals surface area (Å²) in [4.78, 5) is 0. The topological polar surface area (TPSA) is 45.4 Å². The van der Waals surface area contributed by atoms with Gasteiger partial charge >= 0.3 is 0 Å². The predicted molar refractivity (Wildman–Crippen MR) is 63.1 cm³/mol. The zero-order valence-corrected chi connectivity index (χ0v) is 9.91. The highest BCUT2D eigenvalue weighted by Gasteiger charge is 2.18. The summed E-state index contributed by atoms with van der Waals surface area (Å²) >= 11 is 0. The van der Waals surface area contributed by atoms with Crippen LogP contribution in [-0.2, 0) is 6.54 Å². The Labute approximate surface area is 96.8 Å². The molecule has 1 fully saturated rings. The minimum Gasteiger partial charge on any atom is -0.465 e. The van der Waals surface area contributed by atoms with E-state index in [-0.39, 0.29) is 6.10 Å². The van der Waals surface area contributed by atoms with Crippen LogP contribution in [0.2, 0.25) is 0 Å². The molecule has 3 heteroatoms. The summed E-state index contributed by atoms with van der Waals surface area (Å²) in [5.74, 6) is 2.70. The highest BCUT2D eigenvalue weighted by molar-refractivity contribution is 5.05. The van der Waals surface area contributed by atoms with E-state index in [1.807, 2.05) is 19.1 Å². The second kappa shape index (κ2) is 5.51. The monoisotopic (exact) mass is 223 g/mol. The summed E-state index contributed by atoms with van der Waals surface area (Å²) < 4.78 is 5.49. The lowest BCUT2D eigenvalue weighted by Crippen LogP contribution is -2.27. The van der Waals surface area contributed by atoms with Crippen LogP contribution >= 0.6 is 0 Å². The van der Waals surface area contributed by atoms with Crippen LogP contribution in [-0.4, -0.2) is 17.8 Å². The van der Waals surface area contributed by atoms with E-state index in [0.717, 1.165) is 56.2 Å². The SMILES string of the molecule is Cc1ccc(CNCC2CCC(O)CC2)o1. The third kappa shape index (κ3) is 3.35. The van der Waals surface area contributed by atoms with Crippen LogP contribution < -0.4 is 5.32 Å². The summed E-state index contributed by atoms with van der Waals surface area (Å²) in [6.45, 7) is 3.81. The van der Waals surface area contributed by atoms with Gasteiger partial charge in [-0.05, 0) is 57.2 Å². The van der Waals surface area contributed by atoms with Gasteiger partial charge in [0.25, 0.3) is 0 Å². The third-order valence-electron chi connectivity index (χ3n) is 3.34. The normalized spacial score (nSPS) is 25.9. The summed E-state index contributed by atoms with van der Waals surface area (Å²) in [7, 11) is 0. The van der Waals surface area contributed by atoms with Gasteiger partial charge in [0.15, 0.2) is 0 Å². The molecule has 16 heavy (non-hydrogen) atoms. The highest BCUT2D eigenvalue weighted by Crippen LogP contribution is 2.23. The summed E-state index contributed by atoms with van der Waals surface area (Å²) in [5.41, 5.74) is 0. The largest absolute Gasteiger partial charge is 0.465 e. The average Bonchev–Trinajstić information content (AvgIpc) is 2.67. The summed E-state index contributed by atoms with van der Waals surface area (Å²) in [6.07, 6.45) is 4.17. The van der Waals surface area contributed by atoms with Gasteiger partial charge in [0.05, 0.1) is 12.6 Å². The molecule has 0 aliphatic heterocycles. The van der Waals surface area contributed by atoms with Crippen molar-refractivity contribution in [3.05, 3.63) is 23.7 Å². The van der Waals surface area contributed by atoms with Gasteiger partial charge in [-0.25, -0.2) is 0 Å². The first-order valence-electron chi connectivity index (χ1n) is 6.18. The van der Waals surface area contributed by atoms with Crippen molar-refractivity contribution in [1.29, 1.82) is 0 Å². The Morgan fingerprint density at radius 2 is 2.06 bits per heavy atom. The van der Waals surface area contributed by atoms with E-state index in [9.17, 15) is 5.11 Å². The zero-order chi connectivity index (χ0) is 11.4. The minimum atomic E-state index is -0.0519. The Bertz CT molecular complexity index is 313. The molecule has 1 heterocycles. The first-order valence-corrected chi connectivity index (χ1v) is 6.18. The van der Waals surface area contributed by atoms with Gasteiger partial charge in [0.2, 0.25) is 0 Å². The maximum absolute atomic E-state index is 9.40. The Morgan fingerprint density at radius 3 is 2.69 bits per heavy atom. The standard InChI is InChI=1S/C13H21NO2/c1-10-2-7-13(16-10)9-14-8-11-3-5-12(15)6-4-11/h2,7,11-12,14-15H,3-6,8-9H2,1H3.